The summed E-state index contributed by atoms with van der Waals surface area (Å²) in [6, 6.07) is 4.48. The van der Waals surface area contributed by atoms with E-state index >= 15 is 0 Å². The van der Waals surface area contributed by atoms with Crippen LogP contribution in [0.1, 0.15) is 18.9 Å². The van der Waals surface area contributed by atoms with Gasteiger partial charge in [-0.1, -0.05) is 11.8 Å². The van der Waals surface area contributed by atoms with Gasteiger partial charge in [-0.2, -0.15) is 0 Å². The highest BCUT2D eigenvalue weighted by Crippen LogP contribution is 2.15. The summed E-state index contributed by atoms with van der Waals surface area (Å²) in [5, 5.41) is 0. The predicted molar refractivity (Wildman–Crippen MR) is 55.1 cm³/mol. The second-order valence-electron chi connectivity index (χ2n) is 2.75. The fourth-order valence-corrected chi connectivity index (χ4v) is 1.04. The molecule has 0 aliphatic carbocycles. The SMILES string of the molecule is CCOc1ccc(C#CCC=O)c(F)c1. The van der Waals surface area contributed by atoms with Crippen LogP contribution in [0, 0.1) is 17.7 Å². The first-order valence-corrected chi connectivity index (χ1v) is 4.62. The van der Waals surface area contributed by atoms with Gasteiger partial charge in [0.15, 0.2) is 0 Å². The van der Waals surface area contributed by atoms with Crippen LogP contribution in [0.25, 0.3) is 0 Å². The first-order valence-electron chi connectivity index (χ1n) is 4.62. The van der Waals surface area contributed by atoms with E-state index in [9.17, 15) is 9.18 Å². The molecule has 0 bridgehead atoms. The zero-order valence-corrected chi connectivity index (χ0v) is 8.42. The number of rotatable bonds is 3. The van der Waals surface area contributed by atoms with Crippen LogP contribution >= 0.6 is 0 Å². The van der Waals surface area contributed by atoms with Crippen molar-refractivity contribution in [3.05, 3.63) is 29.6 Å². The molecule has 0 atom stereocenters. The molecule has 0 amide bonds. The normalized spacial score (nSPS) is 8.93. The number of halogens is 1. The van der Waals surface area contributed by atoms with Crippen LogP contribution in [0.3, 0.4) is 0 Å². The molecular formula is C12H11FO2. The van der Waals surface area contributed by atoms with Gasteiger partial charge in [0.05, 0.1) is 18.6 Å². The second-order valence-corrected chi connectivity index (χ2v) is 2.75. The largest absolute Gasteiger partial charge is 0.494 e. The van der Waals surface area contributed by atoms with E-state index in [-0.39, 0.29) is 12.0 Å². The molecule has 0 aromatic heterocycles. The van der Waals surface area contributed by atoms with E-state index in [0.717, 1.165) is 0 Å². The van der Waals surface area contributed by atoms with E-state index in [0.29, 0.717) is 18.6 Å². The molecule has 3 heteroatoms. The number of hydrogen-bond donors (Lipinski definition) is 0. The second kappa shape index (κ2) is 5.82. The monoisotopic (exact) mass is 206 g/mol. The lowest BCUT2D eigenvalue weighted by Gasteiger charge is -2.02. The van der Waals surface area contributed by atoms with Gasteiger partial charge in [-0.3, -0.25) is 0 Å². The highest BCUT2D eigenvalue weighted by Gasteiger charge is 2.00. The summed E-state index contributed by atoms with van der Waals surface area (Å²) in [6.07, 6.45) is 0.798. The Morgan fingerprint density at radius 3 is 2.93 bits per heavy atom. The summed E-state index contributed by atoms with van der Waals surface area (Å²) in [5.41, 5.74) is 0.278. The van der Waals surface area contributed by atoms with Gasteiger partial charge < -0.3 is 9.53 Å². The Labute approximate surface area is 88.1 Å². The Kier molecular flexibility index (Phi) is 4.36. The maximum atomic E-state index is 13.3. The van der Waals surface area contributed by atoms with Crippen molar-refractivity contribution in [1.82, 2.24) is 0 Å². The zero-order chi connectivity index (χ0) is 11.1. The Balaban J connectivity index is 2.84. The summed E-state index contributed by atoms with van der Waals surface area (Å²) in [7, 11) is 0. The molecule has 78 valence electrons. The van der Waals surface area contributed by atoms with E-state index in [1.165, 1.54) is 12.1 Å². The average Bonchev–Trinajstić information content (AvgIpc) is 2.22. The number of benzene rings is 1. The van der Waals surface area contributed by atoms with Crippen LogP contribution in [-0.4, -0.2) is 12.9 Å². The molecule has 0 saturated carbocycles. The molecule has 0 unspecified atom stereocenters. The smallest absolute Gasteiger partial charge is 0.142 e. The molecule has 1 aromatic rings. The summed E-state index contributed by atoms with van der Waals surface area (Å²) in [5.74, 6) is 5.17. The molecular weight excluding hydrogens is 195 g/mol. The van der Waals surface area contributed by atoms with Crippen molar-refractivity contribution in [3.8, 4) is 17.6 Å². The van der Waals surface area contributed by atoms with E-state index in [1.54, 1.807) is 6.07 Å². The molecule has 0 aliphatic heterocycles. The third kappa shape index (κ3) is 3.43. The number of carbonyl (C=O) groups is 1. The van der Waals surface area contributed by atoms with Gasteiger partial charge in [0.2, 0.25) is 0 Å². The summed E-state index contributed by atoms with van der Waals surface area (Å²) < 4.78 is 18.5. The molecule has 1 aromatic carbocycles. The highest BCUT2D eigenvalue weighted by atomic mass is 19.1. The molecule has 0 fully saturated rings. The van der Waals surface area contributed by atoms with Crippen molar-refractivity contribution in [2.24, 2.45) is 0 Å². The predicted octanol–water partition coefficient (Wildman–Crippen LogP) is 2.16. The standard InChI is InChI=1S/C12H11FO2/c1-2-15-11-7-6-10(12(13)9-11)5-3-4-8-14/h6-9H,2,4H2,1H3. The maximum Gasteiger partial charge on any atom is 0.142 e. The van der Waals surface area contributed by atoms with Crippen molar-refractivity contribution in [2.75, 3.05) is 6.61 Å². The van der Waals surface area contributed by atoms with E-state index < -0.39 is 5.82 Å². The number of carbonyl (C=O) groups excluding carboxylic acids is 1. The van der Waals surface area contributed by atoms with Crippen LogP contribution in [0.4, 0.5) is 4.39 Å². The molecule has 1 rings (SSSR count). The van der Waals surface area contributed by atoms with Crippen LogP contribution in [0.2, 0.25) is 0 Å². The summed E-state index contributed by atoms with van der Waals surface area (Å²) in [6.45, 7) is 2.32. The molecule has 0 heterocycles. The molecule has 0 saturated heterocycles. The quantitative estimate of drug-likeness (QED) is 0.559. The fraction of sp³-hybridized carbons (Fsp3) is 0.250. The van der Waals surface area contributed by atoms with Crippen LogP contribution in [0.15, 0.2) is 18.2 Å². The summed E-state index contributed by atoms with van der Waals surface area (Å²) >= 11 is 0. The van der Waals surface area contributed by atoms with Crippen molar-refractivity contribution in [3.63, 3.8) is 0 Å². The van der Waals surface area contributed by atoms with Crippen LogP contribution in [0.5, 0.6) is 5.75 Å². The Morgan fingerprint density at radius 1 is 1.53 bits per heavy atom. The Hall–Kier alpha value is -1.82. The topological polar surface area (TPSA) is 26.3 Å². The van der Waals surface area contributed by atoms with E-state index in [2.05, 4.69) is 11.8 Å². The fourth-order valence-electron chi connectivity index (χ4n) is 1.04. The van der Waals surface area contributed by atoms with Crippen molar-refractivity contribution in [1.29, 1.82) is 0 Å². The first-order chi connectivity index (χ1) is 7.27. The zero-order valence-electron chi connectivity index (χ0n) is 8.42. The summed E-state index contributed by atoms with van der Waals surface area (Å²) in [4.78, 5) is 10.0. The molecule has 0 radical (unpaired) electrons. The van der Waals surface area contributed by atoms with Gasteiger partial charge in [-0.15, -0.1) is 0 Å². The van der Waals surface area contributed by atoms with Gasteiger partial charge >= 0.3 is 0 Å². The van der Waals surface area contributed by atoms with Crippen molar-refractivity contribution < 1.29 is 13.9 Å². The molecule has 0 aliphatic rings. The minimum Gasteiger partial charge on any atom is -0.494 e. The van der Waals surface area contributed by atoms with Crippen LogP contribution in [-0.2, 0) is 4.79 Å². The van der Waals surface area contributed by atoms with Gasteiger partial charge in [0.25, 0.3) is 0 Å². The minimum absolute atomic E-state index is 0.118. The molecule has 15 heavy (non-hydrogen) atoms. The number of aldehydes is 1. The van der Waals surface area contributed by atoms with Gasteiger partial charge in [-0.05, 0) is 19.1 Å². The third-order valence-electron chi connectivity index (χ3n) is 1.66. The average molecular weight is 206 g/mol. The molecule has 2 nitrogen and oxygen atoms in total. The maximum absolute atomic E-state index is 13.3. The van der Waals surface area contributed by atoms with Crippen LogP contribution < -0.4 is 4.74 Å². The Morgan fingerprint density at radius 2 is 2.33 bits per heavy atom. The highest BCUT2D eigenvalue weighted by molar-refractivity contribution is 5.55. The van der Waals surface area contributed by atoms with Gasteiger partial charge in [-0.25, -0.2) is 4.39 Å². The minimum atomic E-state index is -0.431. The molecule has 0 spiro atoms. The lowest BCUT2D eigenvalue weighted by atomic mass is 10.2. The van der Waals surface area contributed by atoms with E-state index in [4.69, 9.17) is 4.74 Å². The Bertz CT molecular complexity index is 402. The van der Waals surface area contributed by atoms with Crippen molar-refractivity contribution in [2.45, 2.75) is 13.3 Å². The van der Waals surface area contributed by atoms with Gasteiger partial charge in [0, 0.05) is 6.07 Å². The number of hydrogen-bond acceptors (Lipinski definition) is 2. The lowest BCUT2D eigenvalue weighted by Crippen LogP contribution is -1.93. The number of ether oxygens (including phenoxy) is 1. The molecule has 0 N–H and O–H groups in total. The van der Waals surface area contributed by atoms with Crippen molar-refractivity contribution >= 4 is 6.29 Å². The van der Waals surface area contributed by atoms with Gasteiger partial charge in [0.1, 0.15) is 17.9 Å². The first kappa shape index (κ1) is 11.3. The van der Waals surface area contributed by atoms with E-state index in [1.807, 2.05) is 6.92 Å². The third-order valence-corrected chi connectivity index (χ3v) is 1.66. The lowest BCUT2D eigenvalue weighted by molar-refractivity contribution is -0.107.